The first-order valence-electron chi connectivity index (χ1n) is 11.6. The third-order valence-corrected chi connectivity index (χ3v) is 7.32. The van der Waals surface area contributed by atoms with Gasteiger partial charge in [-0.15, -0.1) is 11.3 Å². The molecule has 2 N–H and O–H groups in total. The van der Waals surface area contributed by atoms with Gasteiger partial charge >= 0.3 is 6.03 Å². The van der Waals surface area contributed by atoms with Gasteiger partial charge in [0.25, 0.3) is 0 Å². The Morgan fingerprint density at radius 3 is 2.20 bits per heavy atom. The van der Waals surface area contributed by atoms with Crippen LogP contribution in [0.5, 0.6) is 0 Å². The molecule has 5 nitrogen and oxygen atoms in total. The molecule has 1 aromatic carbocycles. The Morgan fingerprint density at radius 2 is 1.57 bits per heavy atom. The molecule has 0 atom stereocenters. The van der Waals surface area contributed by atoms with Gasteiger partial charge in [-0.3, -0.25) is 5.32 Å². The maximum Gasteiger partial charge on any atom is 0.324 e. The van der Waals surface area contributed by atoms with E-state index < -0.39 is 0 Å². The van der Waals surface area contributed by atoms with Crippen LogP contribution in [-0.4, -0.2) is 28.0 Å². The minimum Gasteiger partial charge on any atom is -0.319 e. The summed E-state index contributed by atoms with van der Waals surface area (Å²) in [6, 6.07) is 11.2. The number of thiazole rings is 1. The van der Waals surface area contributed by atoms with Gasteiger partial charge in [-0.05, 0) is 31.2 Å². The topological polar surface area (TPSA) is 57.3 Å². The van der Waals surface area contributed by atoms with Crippen LogP contribution in [0.2, 0.25) is 0 Å². The zero-order valence-corrected chi connectivity index (χ0v) is 18.6. The molecular weight excluding hydrogens is 392 g/mol. The third kappa shape index (κ3) is 5.82. The summed E-state index contributed by atoms with van der Waals surface area (Å²) in [7, 11) is 0. The van der Waals surface area contributed by atoms with Crippen LogP contribution in [0.25, 0.3) is 0 Å². The maximum absolute atomic E-state index is 13.3. The summed E-state index contributed by atoms with van der Waals surface area (Å²) in [5.74, 6) is 0. The van der Waals surface area contributed by atoms with Crippen molar-refractivity contribution >= 4 is 22.5 Å². The summed E-state index contributed by atoms with van der Waals surface area (Å²) in [4.78, 5) is 21.1. The summed E-state index contributed by atoms with van der Waals surface area (Å²) in [6.45, 7) is 1.59. The Hall–Kier alpha value is -1.92. The Labute approximate surface area is 184 Å². The summed E-state index contributed by atoms with van der Waals surface area (Å²) in [5, 5.41) is 7.31. The predicted molar refractivity (Wildman–Crippen MR) is 124 cm³/mol. The second-order valence-corrected chi connectivity index (χ2v) is 9.76. The fraction of sp³-hybridized carbons (Fsp3) is 0.583. The van der Waals surface area contributed by atoms with Crippen LogP contribution in [0.15, 0.2) is 36.5 Å². The number of benzene rings is 1. The molecule has 30 heavy (non-hydrogen) atoms. The number of anilines is 1. The molecule has 1 aromatic heterocycles. The first kappa shape index (κ1) is 21.3. The lowest BCUT2D eigenvalue weighted by atomic mass is 9.89. The summed E-state index contributed by atoms with van der Waals surface area (Å²) in [6.07, 6.45) is 14.1. The minimum absolute atomic E-state index is 0.0620. The molecule has 6 heteroatoms. The summed E-state index contributed by atoms with van der Waals surface area (Å²) < 4.78 is 0. The zero-order valence-electron chi connectivity index (χ0n) is 17.8. The van der Waals surface area contributed by atoms with E-state index in [4.69, 9.17) is 0 Å². The van der Waals surface area contributed by atoms with Crippen molar-refractivity contribution in [2.24, 2.45) is 0 Å². The van der Waals surface area contributed by atoms with Crippen molar-refractivity contribution in [3.8, 4) is 0 Å². The van der Waals surface area contributed by atoms with Crippen molar-refractivity contribution in [2.45, 2.75) is 89.4 Å². The molecule has 2 aromatic rings. The van der Waals surface area contributed by atoms with Crippen LogP contribution < -0.4 is 10.6 Å². The average molecular weight is 427 g/mol. The van der Waals surface area contributed by atoms with Crippen molar-refractivity contribution in [3.63, 3.8) is 0 Å². The van der Waals surface area contributed by atoms with E-state index in [0.29, 0.717) is 17.2 Å². The Kier molecular flexibility index (Phi) is 7.76. The van der Waals surface area contributed by atoms with Gasteiger partial charge in [0.15, 0.2) is 5.13 Å². The fourth-order valence-electron chi connectivity index (χ4n) is 4.88. The van der Waals surface area contributed by atoms with Crippen molar-refractivity contribution in [1.29, 1.82) is 0 Å². The number of nitrogens with one attached hydrogen (secondary N) is 2. The van der Waals surface area contributed by atoms with E-state index in [1.54, 1.807) is 11.3 Å². The van der Waals surface area contributed by atoms with E-state index in [2.05, 4.69) is 44.8 Å². The van der Waals surface area contributed by atoms with Crippen molar-refractivity contribution in [1.82, 2.24) is 15.2 Å². The van der Waals surface area contributed by atoms with E-state index in [9.17, 15) is 4.79 Å². The minimum atomic E-state index is 0.0620. The molecule has 0 spiro atoms. The molecule has 162 valence electrons. The predicted octanol–water partition coefficient (Wildman–Crippen LogP) is 5.93. The largest absolute Gasteiger partial charge is 0.324 e. The Bertz CT molecular complexity index is 764. The second kappa shape index (κ2) is 10.9. The van der Waals surface area contributed by atoms with Crippen LogP contribution >= 0.6 is 11.3 Å². The smallest absolute Gasteiger partial charge is 0.319 e. The molecule has 0 bridgehead atoms. The van der Waals surface area contributed by atoms with E-state index >= 15 is 0 Å². The van der Waals surface area contributed by atoms with Crippen LogP contribution in [0.4, 0.5) is 9.93 Å². The number of urea groups is 1. The average Bonchev–Trinajstić information content (AvgIpc) is 3.23. The normalized spacial score (nSPS) is 18.3. The lowest BCUT2D eigenvalue weighted by molar-refractivity contribution is 0.114. The number of aromatic nitrogens is 1. The highest BCUT2D eigenvalue weighted by Gasteiger charge is 2.32. The molecule has 2 aliphatic rings. The van der Waals surface area contributed by atoms with E-state index in [0.717, 1.165) is 43.6 Å². The number of carbonyl (C=O) groups excluding carboxylic acids is 1. The lowest BCUT2D eigenvalue weighted by Gasteiger charge is -2.41. The number of hydrogen-bond acceptors (Lipinski definition) is 4. The lowest BCUT2D eigenvalue weighted by Crippen LogP contribution is -2.50. The van der Waals surface area contributed by atoms with Gasteiger partial charge in [-0.2, -0.15) is 0 Å². The molecule has 2 fully saturated rings. The third-order valence-electron chi connectivity index (χ3n) is 6.41. The van der Waals surface area contributed by atoms with Crippen molar-refractivity contribution in [3.05, 3.63) is 47.0 Å². The van der Waals surface area contributed by atoms with Gasteiger partial charge in [-0.25, -0.2) is 9.78 Å². The zero-order chi connectivity index (χ0) is 20.6. The van der Waals surface area contributed by atoms with Crippen LogP contribution in [0.3, 0.4) is 0 Å². The highest BCUT2D eigenvalue weighted by atomic mass is 32.1. The SMILES string of the molecule is O=C(Nc1ncc(CNCc2ccccc2)s1)N(C1CCCCC1)C1CCCCC1. The molecule has 0 radical (unpaired) electrons. The number of amides is 2. The molecule has 0 unspecified atom stereocenters. The number of hydrogen-bond donors (Lipinski definition) is 2. The quantitative estimate of drug-likeness (QED) is 0.577. The first-order valence-corrected chi connectivity index (χ1v) is 12.4. The van der Waals surface area contributed by atoms with Gasteiger partial charge in [-0.1, -0.05) is 68.9 Å². The van der Waals surface area contributed by atoms with Gasteiger partial charge in [0.2, 0.25) is 0 Å². The van der Waals surface area contributed by atoms with Crippen molar-refractivity contribution in [2.75, 3.05) is 5.32 Å². The summed E-state index contributed by atoms with van der Waals surface area (Å²) >= 11 is 1.57. The van der Waals surface area contributed by atoms with Gasteiger partial charge in [0.1, 0.15) is 0 Å². The van der Waals surface area contributed by atoms with E-state index in [-0.39, 0.29) is 6.03 Å². The Balaban J connectivity index is 1.33. The molecule has 0 aliphatic heterocycles. The molecule has 4 rings (SSSR count). The molecule has 0 saturated heterocycles. The van der Waals surface area contributed by atoms with Crippen LogP contribution in [0, 0.1) is 0 Å². The van der Waals surface area contributed by atoms with E-state index in [1.807, 2.05) is 12.3 Å². The van der Waals surface area contributed by atoms with Gasteiger partial charge < -0.3 is 10.2 Å². The number of rotatable bonds is 7. The standard InChI is InChI=1S/C24H34N4OS/c29-24(28(20-12-6-2-7-13-20)21-14-8-3-9-15-21)27-23-26-18-22(30-23)17-25-16-19-10-4-1-5-11-19/h1,4-5,10-11,18,20-21,25H,2-3,6-9,12-17H2,(H,26,27,29). The highest BCUT2D eigenvalue weighted by molar-refractivity contribution is 7.15. The highest BCUT2D eigenvalue weighted by Crippen LogP contribution is 2.31. The number of nitrogens with zero attached hydrogens (tertiary/aromatic N) is 2. The van der Waals surface area contributed by atoms with Gasteiger partial charge in [0, 0.05) is 36.2 Å². The van der Waals surface area contributed by atoms with Crippen molar-refractivity contribution < 1.29 is 4.79 Å². The monoisotopic (exact) mass is 426 g/mol. The molecule has 2 amide bonds. The molecular formula is C24H34N4OS. The molecule has 2 saturated carbocycles. The van der Waals surface area contributed by atoms with E-state index in [1.165, 1.54) is 44.1 Å². The maximum atomic E-state index is 13.3. The number of carbonyl (C=O) groups is 1. The summed E-state index contributed by atoms with van der Waals surface area (Å²) in [5.41, 5.74) is 1.27. The second-order valence-electron chi connectivity index (χ2n) is 8.64. The molecule has 1 heterocycles. The van der Waals surface area contributed by atoms with Crippen LogP contribution in [0.1, 0.15) is 74.6 Å². The fourth-order valence-corrected chi connectivity index (χ4v) is 5.65. The van der Waals surface area contributed by atoms with Crippen LogP contribution in [-0.2, 0) is 13.1 Å². The Morgan fingerprint density at radius 1 is 0.933 bits per heavy atom. The first-order chi connectivity index (χ1) is 14.8. The molecule has 2 aliphatic carbocycles. The van der Waals surface area contributed by atoms with Gasteiger partial charge in [0.05, 0.1) is 0 Å².